The van der Waals surface area contributed by atoms with E-state index in [2.05, 4.69) is 49.9 Å². The number of hydrogen-bond acceptors (Lipinski definition) is 4. The van der Waals surface area contributed by atoms with E-state index in [1.54, 1.807) is 0 Å². The summed E-state index contributed by atoms with van der Waals surface area (Å²) in [6, 6.07) is 8.72. The van der Waals surface area contributed by atoms with E-state index in [9.17, 15) is 0 Å². The second-order valence-electron chi connectivity index (χ2n) is 9.60. The maximum Gasteiger partial charge on any atom is 0.414 e. The molecule has 1 aromatic carbocycles. The van der Waals surface area contributed by atoms with Crippen LogP contribution in [0.3, 0.4) is 0 Å². The topological polar surface area (TPSA) is 87.1 Å². The second kappa shape index (κ2) is 16.5. The summed E-state index contributed by atoms with van der Waals surface area (Å²) in [5.41, 5.74) is 1.66. The Kier molecular flexibility index (Phi) is 14.5. The van der Waals surface area contributed by atoms with Gasteiger partial charge < -0.3 is 19.8 Å². The largest absolute Gasteiger partial charge is 0.494 e. The molecule has 0 atom stereocenters. The van der Waals surface area contributed by atoms with Crippen molar-refractivity contribution in [2.75, 3.05) is 26.2 Å². The summed E-state index contributed by atoms with van der Waals surface area (Å²) in [6.45, 7) is 11.7. The number of hydrogen-bond donors (Lipinski definition) is 2. The van der Waals surface area contributed by atoms with Gasteiger partial charge >= 0.3 is 11.9 Å². The van der Waals surface area contributed by atoms with Gasteiger partial charge in [0.05, 0.1) is 6.61 Å². The third kappa shape index (κ3) is 13.3. The van der Waals surface area contributed by atoms with Gasteiger partial charge in [-0.1, -0.05) is 71.4 Å². The van der Waals surface area contributed by atoms with Crippen molar-refractivity contribution in [2.24, 2.45) is 0 Å². The molecule has 0 aromatic heterocycles. The van der Waals surface area contributed by atoms with Crippen molar-refractivity contribution in [3.63, 3.8) is 0 Å². The molecule has 1 aromatic rings. The van der Waals surface area contributed by atoms with Crippen LogP contribution in [0.5, 0.6) is 5.75 Å². The Morgan fingerprint density at radius 1 is 0.848 bits per heavy atom. The van der Waals surface area contributed by atoms with Crippen LogP contribution in [0.4, 0.5) is 0 Å². The highest BCUT2D eigenvalue weighted by atomic mass is 16.5. The SMILES string of the molecule is CCC(C)(C)c1ccc(OCCCCCCCCN2CCCCCC2)cc1.O=C(O)C(=O)O. The third-order valence-corrected chi connectivity index (χ3v) is 6.54. The van der Waals surface area contributed by atoms with Gasteiger partial charge in [0.2, 0.25) is 0 Å². The lowest BCUT2D eigenvalue weighted by atomic mass is 9.82. The molecule has 33 heavy (non-hydrogen) atoms. The fraction of sp³-hybridized carbons (Fsp3) is 0.704. The molecule has 1 fully saturated rings. The number of carboxylic acids is 2. The van der Waals surface area contributed by atoms with Crippen LogP contribution in [0, 0.1) is 0 Å². The minimum atomic E-state index is -1.82. The summed E-state index contributed by atoms with van der Waals surface area (Å²) in [5, 5.41) is 14.8. The van der Waals surface area contributed by atoms with Crippen molar-refractivity contribution in [1.29, 1.82) is 0 Å². The Balaban J connectivity index is 0.000000801. The van der Waals surface area contributed by atoms with Gasteiger partial charge in [-0.15, -0.1) is 0 Å². The molecule has 6 heteroatoms. The van der Waals surface area contributed by atoms with E-state index in [0.717, 1.165) is 18.8 Å². The normalized spacial score (nSPS) is 14.6. The summed E-state index contributed by atoms with van der Waals surface area (Å²) in [5.74, 6) is -2.63. The standard InChI is InChI=1S/C25H43NO.C2H2O4/c1-4-25(2,3)23-15-17-24(18-16-23)27-22-14-10-6-5-7-11-19-26-20-12-8-9-13-21-26;3-1(4)2(5)6/h15-18H,4-14,19-22H2,1-3H3;(H,3,4)(H,5,6). The number of likely N-dealkylation sites (tertiary alicyclic amines) is 1. The van der Waals surface area contributed by atoms with Crippen LogP contribution in [0.2, 0.25) is 0 Å². The zero-order valence-electron chi connectivity index (χ0n) is 21.0. The molecule has 0 bridgehead atoms. The van der Waals surface area contributed by atoms with Crippen molar-refractivity contribution in [2.45, 2.75) is 96.8 Å². The van der Waals surface area contributed by atoms with Crippen LogP contribution in [0.25, 0.3) is 0 Å². The number of rotatable bonds is 12. The van der Waals surface area contributed by atoms with Crippen LogP contribution in [-0.2, 0) is 15.0 Å². The summed E-state index contributed by atoms with van der Waals surface area (Å²) in [6.07, 6.45) is 14.9. The Morgan fingerprint density at radius 3 is 1.88 bits per heavy atom. The van der Waals surface area contributed by atoms with Gasteiger partial charge in [-0.25, -0.2) is 9.59 Å². The van der Waals surface area contributed by atoms with E-state index in [-0.39, 0.29) is 5.41 Å². The number of benzene rings is 1. The lowest BCUT2D eigenvalue weighted by Gasteiger charge is -2.23. The molecule has 0 amide bonds. The van der Waals surface area contributed by atoms with E-state index in [4.69, 9.17) is 24.5 Å². The van der Waals surface area contributed by atoms with Gasteiger partial charge in [0.25, 0.3) is 0 Å². The lowest BCUT2D eigenvalue weighted by molar-refractivity contribution is -0.159. The van der Waals surface area contributed by atoms with Crippen molar-refractivity contribution in [1.82, 2.24) is 4.90 Å². The Labute approximate surface area is 200 Å². The summed E-state index contributed by atoms with van der Waals surface area (Å²) < 4.78 is 5.92. The zero-order chi connectivity index (χ0) is 24.5. The van der Waals surface area contributed by atoms with Crippen LogP contribution in [-0.4, -0.2) is 53.3 Å². The molecular weight excluding hydrogens is 418 g/mol. The minimum Gasteiger partial charge on any atom is -0.494 e. The fourth-order valence-corrected chi connectivity index (χ4v) is 3.90. The van der Waals surface area contributed by atoms with Crippen LogP contribution in [0.15, 0.2) is 24.3 Å². The average molecular weight is 464 g/mol. The molecule has 1 saturated heterocycles. The molecule has 188 valence electrons. The Hall–Kier alpha value is -2.08. The van der Waals surface area contributed by atoms with Gasteiger partial charge in [-0.2, -0.15) is 0 Å². The number of ether oxygens (including phenoxy) is 1. The highest BCUT2D eigenvalue weighted by molar-refractivity contribution is 6.27. The Morgan fingerprint density at radius 2 is 1.36 bits per heavy atom. The molecular formula is C27H45NO5. The third-order valence-electron chi connectivity index (χ3n) is 6.54. The quantitative estimate of drug-likeness (QED) is 0.287. The number of unbranched alkanes of at least 4 members (excludes halogenated alkanes) is 5. The molecule has 2 rings (SSSR count). The maximum atomic E-state index is 9.10. The molecule has 1 aliphatic rings. The van der Waals surface area contributed by atoms with Crippen LogP contribution >= 0.6 is 0 Å². The first kappa shape index (κ1) is 29.0. The van der Waals surface area contributed by atoms with Crippen molar-refractivity contribution in [3.05, 3.63) is 29.8 Å². The molecule has 0 saturated carbocycles. The first-order valence-corrected chi connectivity index (χ1v) is 12.7. The molecule has 0 aliphatic carbocycles. The zero-order valence-corrected chi connectivity index (χ0v) is 21.0. The average Bonchev–Trinajstić information content (AvgIpc) is 3.07. The predicted molar refractivity (Wildman–Crippen MR) is 133 cm³/mol. The van der Waals surface area contributed by atoms with Crippen molar-refractivity contribution in [3.8, 4) is 5.75 Å². The highest BCUT2D eigenvalue weighted by Gasteiger charge is 2.17. The summed E-state index contributed by atoms with van der Waals surface area (Å²) >= 11 is 0. The molecule has 0 radical (unpaired) electrons. The van der Waals surface area contributed by atoms with Crippen molar-refractivity contribution >= 4 is 11.9 Å². The number of carbonyl (C=O) groups is 2. The summed E-state index contributed by atoms with van der Waals surface area (Å²) in [4.78, 5) is 20.9. The van der Waals surface area contributed by atoms with Gasteiger partial charge in [0, 0.05) is 0 Å². The minimum absolute atomic E-state index is 0.256. The van der Waals surface area contributed by atoms with E-state index < -0.39 is 11.9 Å². The lowest BCUT2D eigenvalue weighted by Crippen LogP contribution is -2.25. The van der Waals surface area contributed by atoms with Crippen LogP contribution < -0.4 is 4.74 Å². The van der Waals surface area contributed by atoms with Gasteiger partial charge in [0.15, 0.2) is 0 Å². The Bertz CT molecular complexity index is 652. The molecule has 6 nitrogen and oxygen atoms in total. The highest BCUT2D eigenvalue weighted by Crippen LogP contribution is 2.28. The molecule has 0 unspecified atom stereocenters. The van der Waals surface area contributed by atoms with E-state index in [0.29, 0.717) is 0 Å². The van der Waals surface area contributed by atoms with Gasteiger partial charge in [0.1, 0.15) is 5.75 Å². The second-order valence-corrected chi connectivity index (χ2v) is 9.60. The fourth-order valence-electron chi connectivity index (χ4n) is 3.90. The number of nitrogens with zero attached hydrogens (tertiary/aromatic N) is 1. The molecule has 2 N–H and O–H groups in total. The first-order chi connectivity index (χ1) is 15.8. The van der Waals surface area contributed by atoms with E-state index in [1.807, 2.05) is 0 Å². The van der Waals surface area contributed by atoms with Crippen molar-refractivity contribution < 1.29 is 24.5 Å². The van der Waals surface area contributed by atoms with Gasteiger partial charge in [-0.05, 0) is 74.8 Å². The van der Waals surface area contributed by atoms with E-state index in [1.165, 1.54) is 89.4 Å². The predicted octanol–water partition coefficient (Wildman–Crippen LogP) is 6.13. The molecule has 1 aliphatic heterocycles. The molecule has 1 heterocycles. The summed E-state index contributed by atoms with van der Waals surface area (Å²) in [7, 11) is 0. The number of aliphatic carboxylic acids is 2. The monoisotopic (exact) mass is 463 g/mol. The van der Waals surface area contributed by atoms with Crippen LogP contribution in [0.1, 0.15) is 97.0 Å². The van der Waals surface area contributed by atoms with Gasteiger partial charge in [-0.3, -0.25) is 0 Å². The number of carboxylic acid groups (broad SMARTS) is 2. The molecule has 0 spiro atoms. The van der Waals surface area contributed by atoms with E-state index >= 15 is 0 Å². The maximum absolute atomic E-state index is 9.10. The smallest absolute Gasteiger partial charge is 0.414 e. The first-order valence-electron chi connectivity index (χ1n) is 12.7.